The second-order valence-corrected chi connectivity index (χ2v) is 1.55. The van der Waals surface area contributed by atoms with E-state index < -0.39 is 0 Å². The average Bonchev–Trinajstić information content (AvgIpc) is 1.89. The van der Waals surface area contributed by atoms with Crippen molar-refractivity contribution < 1.29 is 5.11 Å². The summed E-state index contributed by atoms with van der Waals surface area (Å²) in [5.74, 6) is 0. The summed E-state index contributed by atoms with van der Waals surface area (Å²) in [6.07, 6.45) is 10.1. The fourth-order valence-corrected chi connectivity index (χ4v) is 0.424. The third-order valence-corrected chi connectivity index (χ3v) is 0.816. The normalized spacial score (nSPS) is 11.2. The van der Waals surface area contributed by atoms with Gasteiger partial charge in [-0.1, -0.05) is 37.0 Å². The number of rotatable bonds is 4. The molecule has 1 nitrogen and oxygen atoms in total. The summed E-state index contributed by atoms with van der Waals surface area (Å²) < 4.78 is 0. The van der Waals surface area contributed by atoms with Gasteiger partial charge in [-0.25, -0.2) is 0 Å². The van der Waals surface area contributed by atoms with Crippen LogP contribution in [-0.2, 0) is 0 Å². The van der Waals surface area contributed by atoms with Crippen LogP contribution < -0.4 is 0 Å². The molecule has 0 atom stereocenters. The molecule has 50 valence electrons. The first kappa shape index (κ1) is 8.18. The summed E-state index contributed by atoms with van der Waals surface area (Å²) >= 11 is 0. The summed E-state index contributed by atoms with van der Waals surface area (Å²) in [6.45, 7) is 3.65. The van der Waals surface area contributed by atoms with Crippen LogP contribution in [-0.4, -0.2) is 11.7 Å². The molecule has 1 heteroatoms. The molecule has 0 aromatic rings. The molecule has 0 fully saturated rings. The van der Waals surface area contributed by atoms with Gasteiger partial charge in [-0.2, -0.15) is 0 Å². The molecule has 0 heterocycles. The van der Waals surface area contributed by atoms with Gasteiger partial charge in [0, 0.05) is 0 Å². The smallest absolute Gasteiger partial charge is 0.0612 e. The molecule has 0 aromatic heterocycles. The predicted octanol–water partition coefficient (Wildman–Crippen LogP) is 1.67. The molecule has 0 bridgehead atoms. The molecule has 0 radical (unpaired) electrons. The largest absolute Gasteiger partial charge is 0.392 e. The van der Waals surface area contributed by atoms with Gasteiger partial charge in [0.1, 0.15) is 0 Å². The van der Waals surface area contributed by atoms with Gasteiger partial charge in [-0.05, 0) is 6.42 Å². The Morgan fingerprint density at radius 1 is 1.22 bits per heavy atom. The van der Waals surface area contributed by atoms with E-state index in [-0.39, 0.29) is 6.61 Å². The zero-order valence-corrected chi connectivity index (χ0v) is 5.46. The number of aliphatic hydroxyl groups excluding tert-OH is 1. The Hall–Kier alpha value is -0.820. The van der Waals surface area contributed by atoms with E-state index in [0.717, 1.165) is 6.42 Å². The van der Waals surface area contributed by atoms with E-state index in [1.54, 1.807) is 12.2 Å². The number of hydrogen-bond donors (Lipinski definition) is 1. The SMILES string of the molecule is C=C/C=C/C/C=C/CO. The Labute approximate surface area is 56.0 Å². The molecule has 0 saturated carbocycles. The van der Waals surface area contributed by atoms with Crippen LogP contribution in [0.5, 0.6) is 0 Å². The van der Waals surface area contributed by atoms with Crippen molar-refractivity contribution in [3.8, 4) is 0 Å². The molecule has 0 aliphatic rings. The minimum absolute atomic E-state index is 0.127. The molecule has 0 spiro atoms. The zero-order chi connectivity index (χ0) is 6.95. The minimum atomic E-state index is 0.127. The molecular formula is C8H12O. The van der Waals surface area contributed by atoms with Gasteiger partial charge in [0.25, 0.3) is 0 Å². The van der Waals surface area contributed by atoms with E-state index in [1.807, 2.05) is 18.2 Å². The highest BCUT2D eigenvalue weighted by Gasteiger charge is 1.66. The number of aliphatic hydroxyl groups is 1. The topological polar surface area (TPSA) is 20.2 Å². The molecule has 1 N–H and O–H groups in total. The van der Waals surface area contributed by atoms with Gasteiger partial charge in [-0.15, -0.1) is 0 Å². The van der Waals surface area contributed by atoms with Gasteiger partial charge in [-0.3, -0.25) is 0 Å². The van der Waals surface area contributed by atoms with E-state index >= 15 is 0 Å². The molecule has 0 aliphatic carbocycles. The molecule has 0 aromatic carbocycles. The molecule has 0 saturated heterocycles. The fraction of sp³-hybridized carbons (Fsp3) is 0.250. The van der Waals surface area contributed by atoms with Crippen LogP contribution in [0.4, 0.5) is 0 Å². The van der Waals surface area contributed by atoms with Crippen molar-refractivity contribution in [1.82, 2.24) is 0 Å². The third kappa shape index (κ3) is 7.18. The van der Waals surface area contributed by atoms with Crippen molar-refractivity contribution >= 4 is 0 Å². The highest BCUT2D eigenvalue weighted by atomic mass is 16.2. The van der Waals surface area contributed by atoms with Crippen LogP contribution in [0.1, 0.15) is 6.42 Å². The van der Waals surface area contributed by atoms with E-state index in [0.29, 0.717) is 0 Å². The first-order chi connectivity index (χ1) is 4.41. The Balaban J connectivity index is 3.17. The van der Waals surface area contributed by atoms with Crippen LogP contribution in [0.2, 0.25) is 0 Å². The van der Waals surface area contributed by atoms with E-state index in [2.05, 4.69) is 6.58 Å². The van der Waals surface area contributed by atoms with E-state index in [1.165, 1.54) is 0 Å². The zero-order valence-electron chi connectivity index (χ0n) is 5.46. The first-order valence-corrected chi connectivity index (χ1v) is 2.95. The van der Waals surface area contributed by atoms with Crippen molar-refractivity contribution in [2.45, 2.75) is 6.42 Å². The molecule has 0 aliphatic heterocycles. The van der Waals surface area contributed by atoms with Crippen molar-refractivity contribution in [1.29, 1.82) is 0 Å². The fourth-order valence-electron chi connectivity index (χ4n) is 0.424. The predicted molar refractivity (Wildman–Crippen MR) is 40.2 cm³/mol. The highest BCUT2D eigenvalue weighted by Crippen LogP contribution is 1.84. The summed E-state index contributed by atoms with van der Waals surface area (Å²) in [5, 5.41) is 8.29. The summed E-state index contributed by atoms with van der Waals surface area (Å²) in [5.41, 5.74) is 0. The maximum atomic E-state index is 8.29. The Morgan fingerprint density at radius 2 is 2.00 bits per heavy atom. The second kappa shape index (κ2) is 7.18. The van der Waals surface area contributed by atoms with Gasteiger partial charge >= 0.3 is 0 Å². The van der Waals surface area contributed by atoms with Crippen LogP contribution in [0.3, 0.4) is 0 Å². The maximum Gasteiger partial charge on any atom is 0.0612 e. The number of hydrogen-bond acceptors (Lipinski definition) is 1. The van der Waals surface area contributed by atoms with Crippen LogP contribution in [0.15, 0.2) is 37.0 Å². The lowest BCUT2D eigenvalue weighted by Gasteiger charge is -1.78. The molecule has 0 amide bonds. The summed E-state index contributed by atoms with van der Waals surface area (Å²) in [4.78, 5) is 0. The Bertz CT molecular complexity index is 112. The van der Waals surface area contributed by atoms with Gasteiger partial charge in [0.2, 0.25) is 0 Å². The third-order valence-electron chi connectivity index (χ3n) is 0.816. The lowest BCUT2D eigenvalue weighted by Crippen LogP contribution is -1.68. The second-order valence-electron chi connectivity index (χ2n) is 1.55. The monoisotopic (exact) mass is 124 g/mol. The van der Waals surface area contributed by atoms with Crippen LogP contribution >= 0.6 is 0 Å². The van der Waals surface area contributed by atoms with Gasteiger partial charge < -0.3 is 5.11 Å². The molecule has 0 rings (SSSR count). The van der Waals surface area contributed by atoms with E-state index in [4.69, 9.17) is 5.11 Å². The van der Waals surface area contributed by atoms with Crippen molar-refractivity contribution in [3.05, 3.63) is 37.0 Å². The molecule has 9 heavy (non-hydrogen) atoms. The Kier molecular flexibility index (Phi) is 6.53. The Morgan fingerprint density at radius 3 is 2.56 bits per heavy atom. The quantitative estimate of drug-likeness (QED) is 0.446. The van der Waals surface area contributed by atoms with Gasteiger partial charge in [0.05, 0.1) is 6.61 Å². The highest BCUT2D eigenvalue weighted by molar-refractivity contribution is 5.00. The minimum Gasteiger partial charge on any atom is -0.392 e. The number of allylic oxidation sites excluding steroid dienone is 4. The van der Waals surface area contributed by atoms with Crippen molar-refractivity contribution in [2.24, 2.45) is 0 Å². The van der Waals surface area contributed by atoms with Crippen molar-refractivity contribution in [2.75, 3.05) is 6.61 Å². The maximum absolute atomic E-state index is 8.29. The average molecular weight is 124 g/mol. The lowest BCUT2D eigenvalue weighted by molar-refractivity contribution is 0.342. The first-order valence-electron chi connectivity index (χ1n) is 2.95. The van der Waals surface area contributed by atoms with Crippen molar-refractivity contribution in [3.63, 3.8) is 0 Å². The van der Waals surface area contributed by atoms with Crippen LogP contribution in [0, 0.1) is 0 Å². The summed E-state index contributed by atoms with van der Waals surface area (Å²) in [7, 11) is 0. The lowest BCUT2D eigenvalue weighted by atomic mass is 10.3. The molecular weight excluding hydrogens is 112 g/mol. The molecule has 0 unspecified atom stereocenters. The summed E-state index contributed by atoms with van der Waals surface area (Å²) in [6, 6.07) is 0. The standard InChI is InChI=1S/C8H12O/c1-2-3-4-5-6-7-8-9/h2-4,6-7,9H,1,5,8H2/b4-3+,7-6+. The van der Waals surface area contributed by atoms with Crippen LogP contribution in [0.25, 0.3) is 0 Å². The van der Waals surface area contributed by atoms with E-state index in [9.17, 15) is 0 Å². The van der Waals surface area contributed by atoms with Gasteiger partial charge in [0.15, 0.2) is 0 Å².